The number of aliphatic hydroxyl groups excluding tert-OH is 1. The highest BCUT2D eigenvalue weighted by Crippen LogP contribution is 2.38. The third kappa shape index (κ3) is 4.15. The third-order valence-electron chi connectivity index (χ3n) is 5.50. The van der Waals surface area contributed by atoms with Crippen molar-refractivity contribution < 1.29 is 9.84 Å². The Morgan fingerprint density at radius 2 is 1.87 bits per heavy atom. The monoisotopic (exact) mass is 417 g/mol. The van der Waals surface area contributed by atoms with E-state index >= 15 is 0 Å². The van der Waals surface area contributed by atoms with Gasteiger partial charge in [0.15, 0.2) is 5.13 Å². The van der Waals surface area contributed by atoms with Crippen molar-refractivity contribution >= 4 is 32.4 Å². The van der Waals surface area contributed by atoms with Crippen molar-refractivity contribution in [3.05, 3.63) is 72.4 Å². The number of rotatable bonds is 5. The van der Waals surface area contributed by atoms with Crippen LogP contribution in [0.15, 0.2) is 66.9 Å². The van der Waals surface area contributed by atoms with E-state index in [0.717, 1.165) is 58.0 Å². The highest BCUT2D eigenvalue weighted by molar-refractivity contribution is 7.22. The Kier molecular flexibility index (Phi) is 5.34. The van der Waals surface area contributed by atoms with Gasteiger partial charge in [-0.25, -0.2) is 9.97 Å². The van der Waals surface area contributed by atoms with Gasteiger partial charge in [-0.1, -0.05) is 36.0 Å². The van der Waals surface area contributed by atoms with Crippen molar-refractivity contribution in [2.75, 3.05) is 5.32 Å². The molecule has 152 valence electrons. The molecular weight excluding hydrogens is 394 g/mol. The molecule has 0 radical (unpaired) electrons. The van der Waals surface area contributed by atoms with E-state index in [9.17, 15) is 5.11 Å². The van der Waals surface area contributed by atoms with Crippen LogP contribution in [-0.2, 0) is 0 Å². The first-order valence-electron chi connectivity index (χ1n) is 10.3. The largest absolute Gasteiger partial charge is 0.439 e. The second-order valence-corrected chi connectivity index (χ2v) is 8.68. The van der Waals surface area contributed by atoms with Gasteiger partial charge < -0.3 is 15.2 Å². The summed E-state index contributed by atoms with van der Waals surface area (Å²) in [6, 6.07) is 19.9. The lowest BCUT2D eigenvalue weighted by Gasteiger charge is -2.27. The van der Waals surface area contributed by atoms with Crippen LogP contribution in [0.1, 0.15) is 37.2 Å². The SMILES string of the molecule is OC1CCC[C@H](c2cccnc2Oc2ccc(Nc3nc4ccccc4s3)cc2)C1. The minimum atomic E-state index is -0.232. The Morgan fingerprint density at radius 3 is 2.70 bits per heavy atom. The summed E-state index contributed by atoms with van der Waals surface area (Å²) in [5.41, 5.74) is 3.03. The maximum absolute atomic E-state index is 10.0. The number of thiazole rings is 1. The Bertz CT molecular complexity index is 1110. The number of aliphatic hydroxyl groups is 1. The zero-order valence-electron chi connectivity index (χ0n) is 16.5. The molecular formula is C24H23N3O2S. The molecule has 2 heterocycles. The van der Waals surface area contributed by atoms with Crippen molar-refractivity contribution in [1.82, 2.24) is 9.97 Å². The Hall–Kier alpha value is -2.96. The quantitative estimate of drug-likeness (QED) is 0.402. The van der Waals surface area contributed by atoms with E-state index < -0.39 is 0 Å². The fraction of sp³-hybridized carbons (Fsp3) is 0.250. The molecule has 5 nitrogen and oxygen atoms in total. The minimum Gasteiger partial charge on any atom is -0.439 e. The van der Waals surface area contributed by atoms with Gasteiger partial charge in [0.05, 0.1) is 16.3 Å². The van der Waals surface area contributed by atoms with Gasteiger partial charge in [-0.3, -0.25) is 0 Å². The lowest BCUT2D eigenvalue weighted by molar-refractivity contribution is 0.119. The zero-order valence-corrected chi connectivity index (χ0v) is 17.3. The van der Waals surface area contributed by atoms with E-state index in [1.54, 1.807) is 17.5 Å². The van der Waals surface area contributed by atoms with Crippen molar-refractivity contribution in [2.45, 2.75) is 37.7 Å². The Morgan fingerprint density at radius 1 is 1.00 bits per heavy atom. The summed E-state index contributed by atoms with van der Waals surface area (Å²) in [4.78, 5) is 9.07. The van der Waals surface area contributed by atoms with Gasteiger partial charge in [0.25, 0.3) is 0 Å². The van der Waals surface area contributed by atoms with E-state index in [2.05, 4.69) is 27.4 Å². The fourth-order valence-corrected chi connectivity index (χ4v) is 4.90. The minimum absolute atomic E-state index is 0.232. The molecule has 30 heavy (non-hydrogen) atoms. The van der Waals surface area contributed by atoms with Crippen LogP contribution in [0, 0.1) is 0 Å². The molecule has 0 bridgehead atoms. The second kappa shape index (κ2) is 8.42. The Labute approximate surface area is 179 Å². The van der Waals surface area contributed by atoms with E-state index in [0.29, 0.717) is 5.88 Å². The first-order valence-corrected chi connectivity index (χ1v) is 11.1. The number of aromatic nitrogens is 2. The van der Waals surface area contributed by atoms with Gasteiger partial charge in [0, 0.05) is 17.4 Å². The molecule has 1 saturated carbocycles. The van der Waals surface area contributed by atoms with Crippen molar-refractivity contribution in [3.8, 4) is 11.6 Å². The predicted molar refractivity (Wildman–Crippen MR) is 121 cm³/mol. The number of hydrogen-bond donors (Lipinski definition) is 2. The number of para-hydroxylation sites is 1. The lowest BCUT2D eigenvalue weighted by atomic mass is 9.83. The van der Waals surface area contributed by atoms with Crippen molar-refractivity contribution in [3.63, 3.8) is 0 Å². The molecule has 0 aliphatic heterocycles. The van der Waals surface area contributed by atoms with Crippen LogP contribution in [0.2, 0.25) is 0 Å². The fourth-order valence-electron chi connectivity index (χ4n) is 4.01. The van der Waals surface area contributed by atoms with Crippen LogP contribution >= 0.6 is 11.3 Å². The topological polar surface area (TPSA) is 67.3 Å². The molecule has 2 aromatic carbocycles. The summed E-state index contributed by atoms with van der Waals surface area (Å²) in [5, 5.41) is 14.3. The maximum Gasteiger partial charge on any atom is 0.222 e. The van der Waals surface area contributed by atoms with Gasteiger partial charge in [-0.15, -0.1) is 0 Å². The molecule has 1 aliphatic rings. The van der Waals surface area contributed by atoms with Crippen LogP contribution < -0.4 is 10.1 Å². The van der Waals surface area contributed by atoms with Gasteiger partial charge in [0.2, 0.25) is 5.88 Å². The molecule has 1 fully saturated rings. The highest BCUT2D eigenvalue weighted by Gasteiger charge is 2.24. The number of nitrogens with one attached hydrogen (secondary N) is 1. The molecule has 1 aliphatic carbocycles. The molecule has 2 aromatic heterocycles. The number of pyridine rings is 1. The highest BCUT2D eigenvalue weighted by atomic mass is 32.1. The number of anilines is 2. The van der Waals surface area contributed by atoms with Gasteiger partial charge >= 0.3 is 0 Å². The van der Waals surface area contributed by atoms with Gasteiger partial charge in [-0.2, -0.15) is 0 Å². The van der Waals surface area contributed by atoms with Crippen LogP contribution in [0.4, 0.5) is 10.8 Å². The van der Waals surface area contributed by atoms with E-state index in [4.69, 9.17) is 4.74 Å². The summed E-state index contributed by atoms with van der Waals surface area (Å²) in [6.07, 6.45) is 5.27. The van der Waals surface area contributed by atoms with Crippen LogP contribution in [-0.4, -0.2) is 21.2 Å². The lowest BCUT2D eigenvalue weighted by Crippen LogP contribution is -2.18. The maximum atomic E-state index is 10.0. The van der Waals surface area contributed by atoms with E-state index in [-0.39, 0.29) is 12.0 Å². The molecule has 4 aromatic rings. The van der Waals surface area contributed by atoms with Crippen LogP contribution in [0.3, 0.4) is 0 Å². The molecule has 2 N–H and O–H groups in total. The number of benzene rings is 2. The first-order chi connectivity index (χ1) is 14.7. The van der Waals surface area contributed by atoms with Crippen molar-refractivity contribution in [1.29, 1.82) is 0 Å². The summed E-state index contributed by atoms with van der Waals surface area (Å²) < 4.78 is 7.28. The average Bonchev–Trinajstić information content (AvgIpc) is 3.18. The van der Waals surface area contributed by atoms with Gasteiger partial charge in [0.1, 0.15) is 5.75 Å². The van der Waals surface area contributed by atoms with E-state index in [1.807, 2.05) is 48.5 Å². The average molecular weight is 418 g/mol. The van der Waals surface area contributed by atoms with Crippen LogP contribution in [0.5, 0.6) is 11.6 Å². The summed E-state index contributed by atoms with van der Waals surface area (Å²) >= 11 is 1.63. The summed E-state index contributed by atoms with van der Waals surface area (Å²) in [5.74, 6) is 1.65. The number of hydrogen-bond acceptors (Lipinski definition) is 6. The summed E-state index contributed by atoms with van der Waals surface area (Å²) in [6.45, 7) is 0. The van der Waals surface area contributed by atoms with Gasteiger partial charge in [-0.05, 0) is 67.6 Å². The molecule has 0 amide bonds. The van der Waals surface area contributed by atoms with E-state index in [1.165, 1.54) is 0 Å². The first kappa shape index (κ1) is 19.0. The molecule has 1 unspecified atom stereocenters. The number of nitrogens with zero attached hydrogens (tertiary/aromatic N) is 2. The van der Waals surface area contributed by atoms with Crippen LogP contribution in [0.25, 0.3) is 10.2 Å². The second-order valence-electron chi connectivity index (χ2n) is 7.65. The Balaban J connectivity index is 1.30. The third-order valence-corrected chi connectivity index (χ3v) is 6.45. The molecule has 0 spiro atoms. The zero-order chi connectivity index (χ0) is 20.3. The summed E-state index contributed by atoms with van der Waals surface area (Å²) in [7, 11) is 0. The smallest absolute Gasteiger partial charge is 0.222 e. The predicted octanol–water partition coefficient (Wildman–Crippen LogP) is 6.25. The number of fused-ring (bicyclic) bond motifs is 1. The number of ether oxygens (including phenoxy) is 1. The normalized spacial score (nSPS) is 19.0. The van der Waals surface area contributed by atoms with Crippen molar-refractivity contribution in [2.24, 2.45) is 0 Å². The molecule has 5 rings (SSSR count). The molecule has 6 heteroatoms. The molecule has 0 saturated heterocycles. The molecule has 2 atom stereocenters. The standard InChI is InChI=1S/C24H23N3O2S/c28-18-6-3-5-16(15-18)20-7-4-14-25-23(20)29-19-12-10-17(11-13-19)26-24-27-21-8-1-2-9-22(21)30-24/h1-2,4,7-14,16,18,28H,3,5-6,15H2,(H,26,27)/t16-,18?/m0/s1.